The van der Waals surface area contributed by atoms with Crippen molar-refractivity contribution in [2.45, 2.75) is 12.5 Å². The highest BCUT2D eigenvalue weighted by molar-refractivity contribution is 5.84. The first-order chi connectivity index (χ1) is 10.8. The van der Waals surface area contributed by atoms with Gasteiger partial charge >= 0.3 is 0 Å². The van der Waals surface area contributed by atoms with Gasteiger partial charge in [-0.3, -0.25) is 4.68 Å². The maximum atomic E-state index is 9.24. The van der Waals surface area contributed by atoms with E-state index in [-0.39, 0.29) is 6.04 Å². The van der Waals surface area contributed by atoms with E-state index in [4.69, 9.17) is 0 Å². The third-order valence-electron chi connectivity index (χ3n) is 3.91. The van der Waals surface area contributed by atoms with Gasteiger partial charge in [-0.2, -0.15) is 10.4 Å². The van der Waals surface area contributed by atoms with Crippen molar-refractivity contribution in [3.8, 4) is 6.07 Å². The molecule has 2 aromatic carbocycles. The van der Waals surface area contributed by atoms with Crippen LogP contribution in [0.4, 0.5) is 0 Å². The molecule has 0 fully saturated rings. The van der Waals surface area contributed by atoms with Crippen molar-refractivity contribution in [1.29, 1.82) is 5.26 Å². The van der Waals surface area contributed by atoms with Crippen LogP contribution < -0.4 is 5.32 Å². The van der Waals surface area contributed by atoms with Gasteiger partial charge in [0.05, 0.1) is 29.4 Å². The summed E-state index contributed by atoms with van der Waals surface area (Å²) in [7, 11) is 1.96. The molecule has 0 saturated heterocycles. The molecule has 1 N–H and O–H groups in total. The monoisotopic (exact) mass is 290 g/mol. The Bertz CT molecular complexity index is 799. The Labute approximate surface area is 130 Å². The van der Waals surface area contributed by atoms with Crippen LogP contribution in [0, 0.1) is 11.3 Å². The molecule has 1 aromatic heterocycles. The first-order valence-electron chi connectivity index (χ1n) is 7.41. The van der Waals surface area contributed by atoms with E-state index in [9.17, 15) is 5.26 Å². The van der Waals surface area contributed by atoms with Gasteiger partial charge in [0.15, 0.2) is 0 Å². The largest absolute Gasteiger partial charge is 0.320 e. The molecule has 22 heavy (non-hydrogen) atoms. The lowest BCUT2D eigenvalue weighted by molar-refractivity contribution is 0.494. The van der Waals surface area contributed by atoms with E-state index >= 15 is 0 Å². The zero-order valence-electron chi connectivity index (χ0n) is 12.5. The molecule has 4 heteroatoms. The molecule has 0 bridgehead atoms. The number of hydrogen-bond acceptors (Lipinski definition) is 3. The van der Waals surface area contributed by atoms with Crippen molar-refractivity contribution >= 4 is 10.9 Å². The van der Waals surface area contributed by atoms with E-state index in [0.717, 1.165) is 23.9 Å². The van der Waals surface area contributed by atoms with E-state index in [1.165, 1.54) is 5.56 Å². The van der Waals surface area contributed by atoms with Crippen molar-refractivity contribution in [2.24, 2.45) is 0 Å². The molecule has 1 unspecified atom stereocenters. The van der Waals surface area contributed by atoms with Gasteiger partial charge in [-0.1, -0.05) is 36.4 Å². The minimum atomic E-state index is 0.153. The summed E-state index contributed by atoms with van der Waals surface area (Å²) in [5, 5.41) is 17.9. The Hall–Kier alpha value is -2.64. The summed E-state index contributed by atoms with van der Waals surface area (Å²) in [6.07, 6.45) is 2.73. The maximum Gasteiger partial charge on any atom is 0.0999 e. The molecular formula is C18H18N4. The average molecular weight is 290 g/mol. The predicted octanol–water partition coefficient (Wildman–Crippen LogP) is 3.11. The molecule has 4 nitrogen and oxygen atoms in total. The topological polar surface area (TPSA) is 53.6 Å². The molecule has 0 aliphatic heterocycles. The van der Waals surface area contributed by atoms with Crippen molar-refractivity contribution in [1.82, 2.24) is 15.1 Å². The fourth-order valence-electron chi connectivity index (χ4n) is 2.80. The van der Waals surface area contributed by atoms with Crippen LogP contribution in [-0.2, 0) is 0 Å². The van der Waals surface area contributed by atoms with E-state index in [1.54, 1.807) is 6.20 Å². The summed E-state index contributed by atoms with van der Waals surface area (Å²) in [5.41, 5.74) is 2.90. The summed E-state index contributed by atoms with van der Waals surface area (Å²) in [4.78, 5) is 0. The van der Waals surface area contributed by atoms with Crippen molar-refractivity contribution in [2.75, 3.05) is 13.6 Å². The quantitative estimate of drug-likeness (QED) is 0.785. The minimum Gasteiger partial charge on any atom is -0.320 e. The number of fused-ring (bicyclic) bond motifs is 1. The molecule has 0 aliphatic carbocycles. The second-order valence-corrected chi connectivity index (χ2v) is 5.26. The number of rotatable bonds is 5. The molecule has 0 aliphatic rings. The third kappa shape index (κ3) is 2.59. The zero-order chi connectivity index (χ0) is 15.4. The molecule has 3 aromatic rings. The molecule has 0 saturated carbocycles. The average Bonchev–Trinajstić information content (AvgIpc) is 3.00. The maximum absolute atomic E-state index is 9.24. The van der Waals surface area contributed by atoms with E-state index in [0.29, 0.717) is 5.56 Å². The van der Waals surface area contributed by atoms with Gasteiger partial charge < -0.3 is 5.32 Å². The van der Waals surface area contributed by atoms with E-state index in [1.807, 2.05) is 48.1 Å². The van der Waals surface area contributed by atoms with E-state index < -0.39 is 0 Å². The van der Waals surface area contributed by atoms with Crippen LogP contribution in [-0.4, -0.2) is 23.4 Å². The highest BCUT2D eigenvalue weighted by Gasteiger charge is 2.17. The van der Waals surface area contributed by atoms with Crippen LogP contribution in [0.15, 0.2) is 54.7 Å². The summed E-state index contributed by atoms with van der Waals surface area (Å²) in [5.74, 6) is 0. The first-order valence-corrected chi connectivity index (χ1v) is 7.41. The normalized spacial score (nSPS) is 12.2. The zero-order valence-corrected chi connectivity index (χ0v) is 12.5. The van der Waals surface area contributed by atoms with Gasteiger partial charge in [0, 0.05) is 5.39 Å². The van der Waals surface area contributed by atoms with Gasteiger partial charge in [-0.15, -0.1) is 0 Å². The number of hydrogen-bond donors (Lipinski definition) is 1. The smallest absolute Gasteiger partial charge is 0.0999 e. The van der Waals surface area contributed by atoms with Crippen LogP contribution in [0.2, 0.25) is 0 Å². The highest BCUT2D eigenvalue weighted by atomic mass is 15.3. The number of nitrogens with zero attached hydrogens (tertiary/aromatic N) is 3. The molecule has 0 amide bonds. The number of aromatic nitrogens is 2. The summed E-state index contributed by atoms with van der Waals surface area (Å²) in [6, 6.07) is 18.5. The Kier molecular flexibility index (Phi) is 4.17. The molecule has 110 valence electrons. The fraction of sp³-hybridized carbons (Fsp3) is 0.222. The van der Waals surface area contributed by atoms with Gasteiger partial charge in [0.25, 0.3) is 0 Å². The molecule has 0 radical (unpaired) electrons. The highest BCUT2D eigenvalue weighted by Crippen LogP contribution is 2.27. The van der Waals surface area contributed by atoms with Crippen molar-refractivity contribution in [3.63, 3.8) is 0 Å². The van der Waals surface area contributed by atoms with Gasteiger partial charge in [-0.05, 0) is 37.7 Å². The molecule has 1 heterocycles. The number of nitriles is 1. The molecule has 0 spiro atoms. The van der Waals surface area contributed by atoms with Gasteiger partial charge in [0.1, 0.15) is 0 Å². The van der Waals surface area contributed by atoms with Crippen molar-refractivity contribution < 1.29 is 0 Å². The van der Waals surface area contributed by atoms with Crippen LogP contribution >= 0.6 is 0 Å². The van der Waals surface area contributed by atoms with Crippen LogP contribution in [0.25, 0.3) is 10.9 Å². The fourth-order valence-corrected chi connectivity index (χ4v) is 2.80. The lowest BCUT2D eigenvalue weighted by atomic mass is 10.0. The van der Waals surface area contributed by atoms with Crippen LogP contribution in [0.3, 0.4) is 0 Å². The SMILES string of the molecule is CNCCC(c1ccccc1)n1ncc2c(C#N)cccc21. The minimum absolute atomic E-state index is 0.153. The lowest BCUT2D eigenvalue weighted by Gasteiger charge is -2.19. The summed E-state index contributed by atoms with van der Waals surface area (Å²) >= 11 is 0. The number of nitrogens with one attached hydrogen (secondary N) is 1. The predicted molar refractivity (Wildman–Crippen MR) is 87.6 cm³/mol. The lowest BCUT2D eigenvalue weighted by Crippen LogP contribution is -2.18. The molecule has 1 atom stereocenters. The first kappa shape index (κ1) is 14.3. The van der Waals surface area contributed by atoms with Gasteiger partial charge in [-0.25, -0.2) is 0 Å². The van der Waals surface area contributed by atoms with E-state index in [2.05, 4.69) is 28.6 Å². The summed E-state index contributed by atoms with van der Waals surface area (Å²) in [6.45, 7) is 0.902. The Morgan fingerprint density at radius 3 is 2.73 bits per heavy atom. The Balaban J connectivity index is 2.11. The number of benzene rings is 2. The third-order valence-corrected chi connectivity index (χ3v) is 3.91. The van der Waals surface area contributed by atoms with Gasteiger partial charge in [0.2, 0.25) is 0 Å². The second-order valence-electron chi connectivity index (χ2n) is 5.26. The van der Waals surface area contributed by atoms with Crippen LogP contribution in [0.5, 0.6) is 0 Å². The molecule has 3 rings (SSSR count). The Morgan fingerprint density at radius 1 is 1.18 bits per heavy atom. The standard InChI is InChI=1S/C18H18N4/c1-20-11-10-17(14-6-3-2-4-7-14)22-18-9-5-8-15(12-19)16(18)13-21-22/h2-9,13,17,20H,10-11H2,1H3. The van der Waals surface area contributed by atoms with Crippen molar-refractivity contribution in [3.05, 3.63) is 65.9 Å². The Morgan fingerprint density at radius 2 is 2.00 bits per heavy atom. The second kappa shape index (κ2) is 6.42. The molecular weight excluding hydrogens is 272 g/mol. The summed E-state index contributed by atoms with van der Waals surface area (Å²) < 4.78 is 2.03. The van der Waals surface area contributed by atoms with Crippen LogP contribution in [0.1, 0.15) is 23.6 Å².